The van der Waals surface area contributed by atoms with E-state index in [1.807, 2.05) is 0 Å². The number of pyridine rings is 1. The third kappa shape index (κ3) is 4.84. The van der Waals surface area contributed by atoms with Crippen molar-refractivity contribution < 1.29 is 28.2 Å². The third-order valence-electron chi connectivity index (χ3n) is 6.74. The predicted molar refractivity (Wildman–Crippen MR) is 142 cm³/mol. The number of amides is 1. The molecule has 0 bridgehead atoms. The van der Waals surface area contributed by atoms with Gasteiger partial charge in [0.05, 0.1) is 19.2 Å². The van der Waals surface area contributed by atoms with Crippen molar-refractivity contribution in [3.8, 4) is 34.5 Å². The number of carbonyl (C=O) groups is 1. The molecule has 3 heterocycles. The largest absolute Gasteiger partial charge is 0.494 e. The lowest BCUT2D eigenvalue weighted by Crippen LogP contribution is -2.36. The molecule has 9 nitrogen and oxygen atoms in total. The summed E-state index contributed by atoms with van der Waals surface area (Å²) in [7, 11) is 2.81. The van der Waals surface area contributed by atoms with E-state index < -0.39 is 40.5 Å². The van der Waals surface area contributed by atoms with Crippen LogP contribution in [0.25, 0.3) is 17.1 Å². The number of carbonyl (C=O) groups excluding carboxylic acids is 1. The van der Waals surface area contributed by atoms with Gasteiger partial charge in [0, 0.05) is 43.0 Å². The van der Waals surface area contributed by atoms with Crippen molar-refractivity contribution in [1.82, 2.24) is 19.4 Å². The fraction of sp³-hybridized carbons (Fsp3) is 0.214. The molecule has 206 valence electrons. The van der Waals surface area contributed by atoms with Gasteiger partial charge >= 0.3 is 0 Å². The molecule has 1 atom stereocenters. The summed E-state index contributed by atoms with van der Waals surface area (Å²) in [6.07, 6.45) is 3.17. The van der Waals surface area contributed by atoms with Crippen molar-refractivity contribution in [2.75, 3.05) is 27.3 Å². The van der Waals surface area contributed by atoms with Crippen LogP contribution in [0.4, 0.5) is 8.78 Å². The number of rotatable bonds is 6. The van der Waals surface area contributed by atoms with E-state index in [1.54, 1.807) is 18.2 Å². The average molecular weight is 569 g/mol. The second-order valence-electron chi connectivity index (χ2n) is 9.08. The molecule has 0 radical (unpaired) electrons. The SMILES string of the molecule is COc1cccc(OC)c1-n1c(-c2cncc(Cl)c2)nc(O)c(C(=O)N2CCC(c3ccc(F)cc3F)C2)c1=O. The average Bonchev–Trinajstić information content (AvgIpc) is 3.42. The lowest BCUT2D eigenvalue weighted by molar-refractivity contribution is 0.0784. The summed E-state index contributed by atoms with van der Waals surface area (Å²) in [5.41, 5.74) is -0.806. The second-order valence-corrected chi connectivity index (χ2v) is 9.52. The topological polar surface area (TPSA) is 107 Å². The number of aromatic nitrogens is 3. The van der Waals surface area contributed by atoms with E-state index in [0.717, 1.165) is 16.7 Å². The van der Waals surface area contributed by atoms with Crippen molar-refractivity contribution in [2.45, 2.75) is 12.3 Å². The number of likely N-dealkylation sites (tertiary alicyclic amines) is 1. The quantitative estimate of drug-likeness (QED) is 0.363. The molecule has 1 aliphatic heterocycles. The minimum Gasteiger partial charge on any atom is -0.494 e. The highest BCUT2D eigenvalue weighted by atomic mass is 35.5. The molecule has 5 rings (SSSR count). The van der Waals surface area contributed by atoms with Gasteiger partial charge in [0.15, 0.2) is 11.4 Å². The summed E-state index contributed by atoms with van der Waals surface area (Å²) in [4.78, 5) is 37.4. The zero-order valence-electron chi connectivity index (χ0n) is 21.4. The summed E-state index contributed by atoms with van der Waals surface area (Å²) >= 11 is 6.14. The number of ether oxygens (including phenoxy) is 2. The second kappa shape index (κ2) is 10.9. The monoisotopic (exact) mass is 568 g/mol. The lowest BCUT2D eigenvalue weighted by Gasteiger charge is -2.21. The Bertz CT molecular complexity index is 1660. The van der Waals surface area contributed by atoms with Crippen LogP contribution in [0.3, 0.4) is 0 Å². The first kappa shape index (κ1) is 27.1. The molecule has 0 aliphatic carbocycles. The molecule has 2 aromatic carbocycles. The van der Waals surface area contributed by atoms with Gasteiger partial charge in [-0.1, -0.05) is 23.7 Å². The Hall–Kier alpha value is -4.51. The van der Waals surface area contributed by atoms with Crippen molar-refractivity contribution >= 4 is 17.5 Å². The molecular formula is C28H23ClF2N4O5. The van der Waals surface area contributed by atoms with E-state index in [0.29, 0.717) is 6.42 Å². The maximum Gasteiger partial charge on any atom is 0.275 e. The van der Waals surface area contributed by atoms with E-state index in [4.69, 9.17) is 21.1 Å². The van der Waals surface area contributed by atoms with Gasteiger partial charge in [-0.2, -0.15) is 4.98 Å². The van der Waals surface area contributed by atoms with Gasteiger partial charge in [-0.25, -0.2) is 8.78 Å². The van der Waals surface area contributed by atoms with E-state index >= 15 is 0 Å². The van der Waals surface area contributed by atoms with E-state index in [2.05, 4.69) is 9.97 Å². The van der Waals surface area contributed by atoms with Gasteiger partial charge in [-0.05, 0) is 36.2 Å². The minimum atomic E-state index is -0.897. The van der Waals surface area contributed by atoms with Crippen LogP contribution in [0.5, 0.6) is 17.4 Å². The summed E-state index contributed by atoms with van der Waals surface area (Å²) in [6.45, 7) is 0.231. The van der Waals surface area contributed by atoms with Crippen LogP contribution in [0.1, 0.15) is 28.3 Å². The van der Waals surface area contributed by atoms with E-state index in [9.17, 15) is 23.5 Å². The van der Waals surface area contributed by atoms with Crippen LogP contribution in [-0.2, 0) is 0 Å². The fourth-order valence-corrected chi connectivity index (χ4v) is 5.05. The highest BCUT2D eigenvalue weighted by Gasteiger charge is 2.34. The van der Waals surface area contributed by atoms with Gasteiger partial charge in [-0.3, -0.25) is 19.1 Å². The number of para-hydroxylation sites is 1. The van der Waals surface area contributed by atoms with Crippen LogP contribution >= 0.6 is 11.6 Å². The van der Waals surface area contributed by atoms with Gasteiger partial charge in [0.1, 0.15) is 28.8 Å². The minimum absolute atomic E-state index is 0.0538. The van der Waals surface area contributed by atoms with Gasteiger partial charge in [0.2, 0.25) is 5.88 Å². The first-order valence-corrected chi connectivity index (χ1v) is 12.5. The third-order valence-corrected chi connectivity index (χ3v) is 6.95. The van der Waals surface area contributed by atoms with Crippen LogP contribution in [0.15, 0.2) is 59.7 Å². The Labute approximate surface area is 232 Å². The number of hydrogen-bond donors (Lipinski definition) is 1. The standard InChI is InChI=1S/C28H23ClF2N4O5/c1-39-21-4-3-5-22(40-2)24(21)35-25(16-10-17(29)13-32-12-16)33-26(36)23(28(35)38)27(37)34-9-8-15(14-34)19-7-6-18(30)11-20(19)31/h3-7,10-13,15,36H,8-9,14H2,1-2H3. The summed E-state index contributed by atoms with van der Waals surface area (Å²) in [5.74, 6) is -3.03. The maximum absolute atomic E-state index is 14.4. The lowest BCUT2D eigenvalue weighted by atomic mass is 9.98. The molecule has 1 saturated heterocycles. The molecule has 4 aromatic rings. The van der Waals surface area contributed by atoms with Gasteiger partial charge in [0.25, 0.3) is 11.5 Å². The van der Waals surface area contributed by atoms with Crippen LogP contribution in [0, 0.1) is 11.6 Å². The van der Waals surface area contributed by atoms with Gasteiger partial charge < -0.3 is 19.5 Å². The van der Waals surface area contributed by atoms with Crippen molar-refractivity contribution in [2.24, 2.45) is 0 Å². The molecule has 0 saturated carbocycles. The maximum atomic E-state index is 14.4. The highest BCUT2D eigenvalue weighted by molar-refractivity contribution is 6.30. The molecule has 1 amide bonds. The Kier molecular flexibility index (Phi) is 7.40. The molecular weight excluding hydrogens is 546 g/mol. The number of hydrogen-bond acceptors (Lipinski definition) is 7. The smallest absolute Gasteiger partial charge is 0.275 e. The molecule has 40 heavy (non-hydrogen) atoms. The zero-order chi connectivity index (χ0) is 28.6. The van der Waals surface area contributed by atoms with E-state index in [-0.39, 0.29) is 52.2 Å². The van der Waals surface area contributed by atoms with Gasteiger partial charge in [-0.15, -0.1) is 0 Å². The first-order chi connectivity index (χ1) is 19.2. The Balaban J connectivity index is 1.65. The summed E-state index contributed by atoms with van der Waals surface area (Å²) in [5, 5.41) is 11.2. The van der Waals surface area contributed by atoms with E-state index in [1.165, 1.54) is 43.6 Å². The van der Waals surface area contributed by atoms with Crippen molar-refractivity contribution in [3.63, 3.8) is 0 Å². The molecule has 2 aromatic heterocycles. The predicted octanol–water partition coefficient (Wildman–Crippen LogP) is 4.58. The number of nitrogens with zero attached hydrogens (tertiary/aromatic N) is 4. The first-order valence-electron chi connectivity index (χ1n) is 12.2. The number of halogens is 3. The number of methoxy groups -OCH3 is 2. The zero-order valence-corrected chi connectivity index (χ0v) is 22.2. The Morgan fingerprint density at radius 1 is 1.10 bits per heavy atom. The van der Waals surface area contributed by atoms with Crippen LogP contribution in [0.2, 0.25) is 5.02 Å². The van der Waals surface area contributed by atoms with Crippen LogP contribution < -0.4 is 15.0 Å². The van der Waals surface area contributed by atoms with Crippen LogP contribution in [-0.4, -0.2) is 57.8 Å². The normalized spacial score (nSPS) is 14.8. The van der Waals surface area contributed by atoms with Crippen molar-refractivity contribution in [1.29, 1.82) is 0 Å². The summed E-state index contributed by atoms with van der Waals surface area (Å²) < 4.78 is 39.9. The molecule has 1 fully saturated rings. The summed E-state index contributed by atoms with van der Waals surface area (Å²) in [6, 6.07) is 9.64. The number of aromatic hydroxyl groups is 1. The molecule has 1 unspecified atom stereocenters. The Morgan fingerprint density at radius 2 is 1.82 bits per heavy atom. The number of benzene rings is 2. The molecule has 1 aliphatic rings. The van der Waals surface area contributed by atoms with Crippen molar-refractivity contribution in [3.05, 3.63) is 93.0 Å². The molecule has 0 spiro atoms. The fourth-order valence-electron chi connectivity index (χ4n) is 4.87. The Morgan fingerprint density at radius 3 is 2.48 bits per heavy atom. The molecule has 1 N–H and O–H groups in total. The molecule has 12 heteroatoms. The highest BCUT2D eigenvalue weighted by Crippen LogP contribution is 2.36.